The zero-order chi connectivity index (χ0) is 13.9. The summed E-state index contributed by atoms with van der Waals surface area (Å²) < 4.78 is 28.2. The molecule has 0 aliphatic rings. The second-order valence-corrected chi connectivity index (χ2v) is 6.34. The highest BCUT2D eigenvalue weighted by molar-refractivity contribution is 7.88. The molecule has 6 heteroatoms. The van der Waals surface area contributed by atoms with Gasteiger partial charge in [-0.3, -0.25) is 4.68 Å². The van der Waals surface area contributed by atoms with E-state index in [2.05, 4.69) is 9.82 Å². The van der Waals surface area contributed by atoms with E-state index in [1.165, 1.54) is 0 Å². The first-order chi connectivity index (χ1) is 8.96. The summed E-state index contributed by atoms with van der Waals surface area (Å²) in [5.74, 6) is -0.0000640. The van der Waals surface area contributed by atoms with Gasteiger partial charge in [0, 0.05) is 25.4 Å². The Balaban J connectivity index is 2.01. The van der Waals surface area contributed by atoms with Crippen LogP contribution in [0.25, 0.3) is 0 Å². The highest BCUT2D eigenvalue weighted by Crippen LogP contribution is 2.10. The molecular formula is C13H17N3O2S. The lowest BCUT2D eigenvalue weighted by Gasteiger charge is -2.07. The Hall–Kier alpha value is -1.66. The molecule has 0 unspecified atom stereocenters. The summed E-state index contributed by atoms with van der Waals surface area (Å²) in [6.45, 7) is 2.17. The van der Waals surface area contributed by atoms with Crippen LogP contribution >= 0.6 is 0 Å². The van der Waals surface area contributed by atoms with Crippen LogP contribution < -0.4 is 4.72 Å². The van der Waals surface area contributed by atoms with Crippen molar-refractivity contribution in [1.29, 1.82) is 0 Å². The van der Waals surface area contributed by atoms with Gasteiger partial charge in [0.25, 0.3) is 0 Å². The number of hydrogen-bond donors (Lipinski definition) is 1. The van der Waals surface area contributed by atoms with Crippen molar-refractivity contribution in [2.24, 2.45) is 7.05 Å². The van der Waals surface area contributed by atoms with Gasteiger partial charge < -0.3 is 0 Å². The van der Waals surface area contributed by atoms with Crippen LogP contribution in [0.15, 0.2) is 36.7 Å². The topological polar surface area (TPSA) is 64.0 Å². The molecule has 0 bridgehead atoms. The van der Waals surface area contributed by atoms with Crippen LogP contribution in [0.3, 0.4) is 0 Å². The SMILES string of the molecule is Cc1ccccc1CS(=O)(=O)NCc1cnn(C)c1. The Morgan fingerprint density at radius 2 is 2.05 bits per heavy atom. The maximum atomic E-state index is 12.0. The number of rotatable bonds is 5. The zero-order valence-electron chi connectivity index (χ0n) is 11.0. The number of hydrogen-bond acceptors (Lipinski definition) is 3. The van der Waals surface area contributed by atoms with E-state index in [1.807, 2.05) is 31.2 Å². The van der Waals surface area contributed by atoms with E-state index in [9.17, 15) is 8.42 Å². The minimum Gasteiger partial charge on any atom is -0.275 e. The molecule has 19 heavy (non-hydrogen) atoms. The molecule has 5 nitrogen and oxygen atoms in total. The van der Waals surface area contributed by atoms with Crippen molar-refractivity contribution in [3.05, 3.63) is 53.3 Å². The molecule has 1 aromatic carbocycles. The molecule has 0 aliphatic heterocycles. The number of nitrogens with zero attached hydrogens (tertiary/aromatic N) is 2. The van der Waals surface area contributed by atoms with E-state index in [-0.39, 0.29) is 12.3 Å². The summed E-state index contributed by atoms with van der Waals surface area (Å²) in [7, 11) is -1.54. The average Bonchev–Trinajstić information content (AvgIpc) is 2.76. The molecule has 0 radical (unpaired) electrons. The molecule has 102 valence electrons. The quantitative estimate of drug-likeness (QED) is 0.898. The maximum Gasteiger partial charge on any atom is 0.216 e. The molecule has 0 aliphatic carbocycles. The lowest BCUT2D eigenvalue weighted by molar-refractivity contribution is 0.580. The van der Waals surface area contributed by atoms with E-state index in [1.54, 1.807) is 24.1 Å². The van der Waals surface area contributed by atoms with Gasteiger partial charge in [-0.15, -0.1) is 0 Å². The molecule has 0 saturated heterocycles. The van der Waals surface area contributed by atoms with E-state index in [0.29, 0.717) is 0 Å². The van der Waals surface area contributed by atoms with Crippen molar-refractivity contribution in [2.75, 3.05) is 0 Å². The molecule has 0 spiro atoms. The molecule has 0 atom stereocenters. The molecule has 0 amide bonds. The Bertz CT molecular complexity index is 662. The van der Waals surface area contributed by atoms with Gasteiger partial charge in [0.2, 0.25) is 10.0 Å². The summed E-state index contributed by atoms with van der Waals surface area (Å²) in [6, 6.07) is 7.48. The van der Waals surface area contributed by atoms with E-state index < -0.39 is 10.0 Å². The van der Waals surface area contributed by atoms with Gasteiger partial charge in [-0.05, 0) is 18.1 Å². The van der Waals surface area contributed by atoms with Gasteiger partial charge >= 0.3 is 0 Å². The number of sulfonamides is 1. The Kier molecular flexibility index (Phi) is 4.01. The third-order valence-corrected chi connectivity index (χ3v) is 4.14. The van der Waals surface area contributed by atoms with Crippen LogP contribution in [0.2, 0.25) is 0 Å². The van der Waals surface area contributed by atoms with Crippen LogP contribution in [-0.4, -0.2) is 18.2 Å². The molecule has 1 heterocycles. The summed E-state index contributed by atoms with van der Waals surface area (Å²) in [5.41, 5.74) is 2.64. The smallest absolute Gasteiger partial charge is 0.216 e. The van der Waals surface area contributed by atoms with Crippen molar-refractivity contribution < 1.29 is 8.42 Å². The van der Waals surface area contributed by atoms with E-state index in [4.69, 9.17) is 0 Å². The Labute approximate surface area is 113 Å². The monoisotopic (exact) mass is 279 g/mol. The predicted molar refractivity (Wildman–Crippen MR) is 73.9 cm³/mol. The maximum absolute atomic E-state index is 12.0. The van der Waals surface area contributed by atoms with Gasteiger partial charge in [-0.2, -0.15) is 5.10 Å². The fraction of sp³-hybridized carbons (Fsp3) is 0.308. The van der Waals surface area contributed by atoms with Gasteiger partial charge in [0.1, 0.15) is 0 Å². The highest BCUT2D eigenvalue weighted by Gasteiger charge is 2.12. The first kappa shape index (κ1) is 13.8. The van der Waals surface area contributed by atoms with Gasteiger partial charge in [0.05, 0.1) is 11.9 Å². The summed E-state index contributed by atoms with van der Waals surface area (Å²) >= 11 is 0. The first-order valence-corrected chi connectivity index (χ1v) is 7.61. The van der Waals surface area contributed by atoms with Crippen molar-refractivity contribution in [3.63, 3.8) is 0 Å². The summed E-state index contributed by atoms with van der Waals surface area (Å²) in [6.07, 6.45) is 3.44. The standard InChI is InChI=1S/C13H17N3O2S/c1-11-5-3-4-6-13(11)10-19(17,18)15-8-12-7-14-16(2)9-12/h3-7,9,15H,8,10H2,1-2H3. The zero-order valence-corrected chi connectivity index (χ0v) is 11.8. The molecule has 0 fully saturated rings. The fourth-order valence-corrected chi connectivity index (χ4v) is 3.01. The van der Waals surface area contributed by atoms with E-state index >= 15 is 0 Å². The van der Waals surface area contributed by atoms with Crippen LogP contribution in [0.4, 0.5) is 0 Å². The van der Waals surface area contributed by atoms with Crippen LogP contribution in [0.5, 0.6) is 0 Å². The molecule has 1 N–H and O–H groups in total. The molecule has 1 aromatic heterocycles. The normalized spacial score (nSPS) is 11.7. The highest BCUT2D eigenvalue weighted by atomic mass is 32.2. The third-order valence-electron chi connectivity index (χ3n) is 2.86. The second-order valence-electron chi connectivity index (χ2n) is 4.53. The molecular weight excluding hydrogens is 262 g/mol. The molecule has 2 aromatic rings. The molecule has 0 saturated carbocycles. The van der Waals surface area contributed by atoms with Crippen LogP contribution in [-0.2, 0) is 29.4 Å². The minimum atomic E-state index is -3.33. The lowest BCUT2D eigenvalue weighted by atomic mass is 10.1. The number of benzene rings is 1. The second kappa shape index (κ2) is 5.54. The fourth-order valence-electron chi connectivity index (χ4n) is 1.78. The van der Waals surface area contributed by atoms with Crippen LogP contribution in [0.1, 0.15) is 16.7 Å². The Morgan fingerprint density at radius 1 is 1.32 bits per heavy atom. The Morgan fingerprint density at radius 3 is 2.68 bits per heavy atom. The van der Waals surface area contributed by atoms with Crippen molar-refractivity contribution in [2.45, 2.75) is 19.2 Å². The van der Waals surface area contributed by atoms with Crippen molar-refractivity contribution >= 4 is 10.0 Å². The lowest BCUT2D eigenvalue weighted by Crippen LogP contribution is -2.24. The van der Waals surface area contributed by atoms with Gasteiger partial charge in [-0.1, -0.05) is 24.3 Å². The van der Waals surface area contributed by atoms with Gasteiger partial charge in [-0.25, -0.2) is 13.1 Å². The van der Waals surface area contributed by atoms with Gasteiger partial charge in [0.15, 0.2) is 0 Å². The van der Waals surface area contributed by atoms with E-state index in [0.717, 1.165) is 16.7 Å². The number of nitrogens with one attached hydrogen (secondary N) is 1. The minimum absolute atomic E-state index is 0.0000640. The third kappa shape index (κ3) is 3.90. The number of aryl methyl sites for hydroxylation is 2. The van der Waals surface area contributed by atoms with Crippen molar-refractivity contribution in [3.8, 4) is 0 Å². The first-order valence-electron chi connectivity index (χ1n) is 5.96. The summed E-state index contributed by atoms with van der Waals surface area (Å²) in [4.78, 5) is 0. The molecule has 2 rings (SSSR count). The predicted octanol–water partition coefficient (Wildman–Crippen LogP) is 1.35. The number of aromatic nitrogens is 2. The average molecular weight is 279 g/mol. The van der Waals surface area contributed by atoms with Crippen molar-refractivity contribution in [1.82, 2.24) is 14.5 Å². The summed E-state index contributed by atoms with van der Waals surface area (Å²) in [5, 5.41) is 4.00. The largest absolute Gasteiger partial charge is 0.275 e. The van der Waals surface area contributed by atoms with Crippen LogP contribution in [0, 0.1) is 6.92 Å².